The summed E-state index contributed by atoms with van der Waals surface area (Å²) in [5.74, 6) is 1.73. The third kappa shape index (κ3) is 4.57. The zero-order chi connectivity index (χ0) is 25.1. The van der Waals surface area contributed by atoms with Gasteiger partial charge in [0.15, 0.2) is 0 Å². The Kier molecular flexibility index (Phi) is 6.49. The number of nitrogens with one attached hydrogen (secondary N) is 1. The van der Waals surface area contributed by atoms with Gasteiger partial charge in [0.1, 0.15) is 11.6 Å². The van der Waals surface area contributed by atoms with E-state index in [0.29, 0.717) is 36.5 Å². The molecule has 0 spiro atoms. The number of aromatic nitrogens is 4. The number of hydrogen-bond donors (Lipinski definition) is 1. The Morgan fingerprint density at radius 3 is 2.53 bits per heavy atom. The first-order chi connectivity index (χ1) is 17.5. The van der Waals surface area contributed by atoms with E-state index in [1.807, 2.05) is 84.1 Å². The quantitative estimate of drug-likeness (QED) is 0.365. The number of carbonyl (C=O) groups excluding carboxylic acids is 1. The smallest absolute Gasteiger partial charge is 0.263 e. The second-order valence-corrected chi connectivity index (χ2v) is 8.73. The van der Waals surface area contributed by atoms with Crippen LogP contribution < -0.4 is 15.6 Å². The highest BCUT2D eigenvalue weighted by molar-refractivity contribution is 5.80. The Labute approximate surface area is 208 Å². The molecule has 0 bridgehead atoms. The van der Waals surface area contributed by atoms with Gasteiger partial charge in [0.05, 0.1) is 24.6 Å². The van der Waals surface area contributed by atoms with Gasteiger partial charge in [-0.3, -0.25) is 18.6 Å². The average Bonchev–Trinajstić information content (AvgIpc) is 3.34. The van der Waals surface area contributed by atoms with Crippen LogP contribution in [0.25, 0.3) is 16.7 Å². The molecule has 3 aromatic carbocycles. The molecule has 0 atom stereocenters. The molecular weight excluding hydrogens is 454 g/mol. The Hall–Kier alpha value is -4.46. The summed E-state index contributed by atoms with van der Waals surface area (Å²) in [5, 5.41) is 12.3. The minimum absolute atomic E-state index is 0.102. The second kappa shape index (κ2) is 10.0. The Morgan fingerprint density at radius 1 is 0.972 bits per heavy atom. The first kappa shape index (κ1) is 23.3. The maximum Gasteiger partial charge on any atom is 0.263 e. The first-order valence-electron chi connectivity index (χ1n) is 11.8. The number of amides is 1. The minimum atomic E-state index is -0.118. The number of fused-ring (bicyclic) bond motifs is 3. The highest BCUT2D eigenvalue weighted by Crippen LogP contribution is 2.18. The molecule has 2 heterocycles. The number of nitrogens with zero attached hydrogens (tertiary/aromatic N) is 4. The SMILES string of the molecule is COc1ccccc1CNC(=O)CCc1nnc2n(Cc3ccc(C)cc3)c(=O)c3ccccc3n12. The molecule has 182 valence electrons. The normalized spacial score (nSPS) is 11.2. The van der Waals surface area contributed by atoms with E-state index in [2.05, 4.69) is 15.5 Å². The maximum atomic E-state index is 13.4. The van der Waals surface area contributed by atoms with Crippen molar-refractivity contribution < 1.29 is 9.53 Å². The number of methoxy groups -OCH3 is 1. The van der Waals surface area contributed by atoms with E-state index in [9.17, 15) is 9.59 Å². The summed E-state index contributed by atoms with van der Waals surface area (Å²) in [6.45, 7) is 2.79. The molecule has 0 saturated heterocycles. The predicted molar refractivity (Wildman–Crippen MR) is 138 cm³/mol. The number of hydrogen-bond acceptors (Lipinski definition) is 5. The van der Waals surface area contributed by atoms with Gasteiger partial charge in [-0.05, 0) is 30.7 Å². The van der Waals surface area contributed by atoms with Gasteiger partial charge < -0.3 is 10.1 Å². The monoisotopic (exact) mass is 481 g/mol. The van der Waals surface area contributed by atoms with Crippen LogP contribution in [0.2, 0.25) is 0 Å². The van der Waals surface area contributed by atoms with Crippen molar-refractivity contribution in [2.45, 2.75) is 32.9 Å². The van der Waals surface area contributed by atoms with Gasteiger partial charge in [0.2, 0.25) is 11.7 Å². The van der Waals surface area contributed by atoms with Crippen LogP contribution in [-0.2, 0) is 24.3 Å². The third-order valence-corrected chi connectivity index (χ3v) is 6.28. The van der Waals surface area contributed by atoms with Crippen LogP contribution in [0, 0.1) is 6.92 Å². The molecule has 8 nitrogen and oxygen atoms in total. The van der Waals surface area contributed by atoms with Crippen molar-refractivity contribution in [3.05, 3.63) is 106 Å². The topological polar surface area (TPSA) is 90.5 Å². The summed E-state index contributed by atoms with van der Waals surface area (Å²) in [4.78, 5) is 26.0. The molecule has 0 aliphatic carbocycles. The van der Waals surface area contributed by atoms with Crippen LogP contribution in [0.1, 0.15) is 28.9 Å². The lowest BCUT2D eigenvalue weighted by Gasteiger charge is -2.12. The number of para-hydroxylation sites is 2. The lowest BCUT2D eigenvalue weighted by Crippen LogP contribution is -2.25. The van der Waals surface area contributed by atoms with Crippen LogP contribution in [0.15, 0.2) is 77.6 Å². The van der Waals surface area contributed by atoms with Crippen LogP contribution in [0.3, 0.4) is 0 Å². The molecule has 5 rings (SSSR count). The third-order valence-electron chi connectivity index (χ3n) is 6.28. The van der Waals surface area contributed by atoms with Gasteiger partial charge in [-0.1, -0.05) is 60.2 Å². The fourth-order valence-electron chi connectivity index (χ4n) is 4.35. The molecule has 0 aliphatic rings. The molecule has 1 N–H and O–H groups in total. The highest BCUT2D eigenvalue weighted by Gasteiger charge is 2.17. The summed E-state index contributed by atoms with van der Waals surface area (Å²) >= 11 is 0. The van der Waals surface area contributed by atoms with Crippen molar-refractivity contribution in [1.82, 2.24) is 24.5 Å². The molecule has 0 fully saturated rings. The summed E-state index contributed by atoms with van der Waals surface area (Å²) in [7, 11) is 1.61. The molecule has 8 heteroatoms. The van der Waals surface area contributed by atoms with Gasteiger partial charge in [-0.15, -0.1) is 10.2 Å². The van der Waals surface area contributed by atoms with Crippen molar-refractivity contribution in [3.63, 3.8) is 0 Å². The molecule has 0 saturated carbocycles. The van der Waals surface area contributed by atoms with Crippen molar-refractivity contribution in [2.75, 3.05) is 7.11 Å². The van der Waals surface area contributed by atoms with E-state index in [1.165, 1.54) is 0 Å². The first-order valence-corrected chi connectivity index (χ1v) is 11.8. The fourth-order valence-corrected chi connectivity index (χ4v) is 4.35. The molecule has 2 aromatic heterocycles. The van der Waals surface area contributed by atoms with Gasteiger partial charge in [-0.2, -0.15) is 0 Å². The number of carbonyl (C=O) groups is 1. The van der Waals surface area contributed by atoms with E-state index in [1.54, 1.807) is 11.7 Å². The number of aryl methyl sites for hydroxylation is 2. The highest BCUT2D eigenvalue weighted by atomic mass is 16.5. The van der Waals surface area contributed by atoms with E-state index < -0.39 is 0 Å². The van der Waals surface area contributed by atoms with Crippen LogP contribution in [-0.4, -0.2) is 32.2 Å². The number of benzene rings is 3. The number of ether oxygens (including phenoxy) is 1. The molecule has 0 aliphatic heterocycles. The molecular formula is C28H27N5O3. The Morgan fingerprint density at radius 2 is 1.72 bits per heavy atom. The molecule has 0 unspecified atom stereocenters. The van der Waals surface area contributed by atoms with E-state index in [0.717, 1.165) is 28.0 Å². The van der Waals surface area contributed by atoms with Gasteiger partial charge >= 0.3 is 0 Å². The van der Waals surface area contributed by atoms with Gasteiger partial charge in [0, 0.05) is 24.9 Å². The van der Waals surface area contributed by atoms with E-state index >= 15 is 0 Å². The predicted octanol–water partition coefficient (Wildman–Crippen LogP) is 3.66. The van der Waals surface area contributed by atoms with Crippen LogP contribution in [0.4, 0.5) is 0 Å². The minimum Gasteiger partial charge on any atom is -0.496 e. The fraction of sp³-hybridized carbons (Fsp3) is 0.214. The second-order valence-electron chi connectivity index (χ2n) is 8.73. The zero-order valence-corrected chi connectivity index (χ0v) is 20.3. The van der Waals surface area contributed by atoms with Crippen molar-refractivity contribution in [1.29, 1.82) is 0 Å². The number of rotatable bonds is 8. The summed E-state index contributed by atoms with van der Waals surface area (Å²) < 4.78 is 8.89. The maximum absolute atomic E-state index is 13.4. The standard InChI is InChI=1S/C28H27N5O3/c1-19-11-13-20(14-12-19)18-32-27(35)22-8-4-5-9-23(22)33-25(30-31-28(32)33)15-16-26(34)29-17-21-7-3-6-10-24(21)36-2/h3-14H,15-18H2,1-2H3,(H,29,34). The lowest BCUT2D eigenvalue weighted by atomic mass is 10.1. The summed E-state index contributed by atoms with van der Waals surface area (Å²) in [6, 6.07) is 23.1. The van der Waals surface area contributed by atoms with Gasteiger partial charge in [0.25, 0.3) is 5.56 Å². The molecule has 36 heavy (non-hydrogen) atoms. The Balaban J connectivity index is 1.42. The van der Waals surface area contributed by atoms with Crippen molar-refractivity contribution in [3.8, 4) is 5.75 Å². The van der Waals surface area contributed by atoms with Crippen molar-refractivity contribution >= 4 is 22.6 Å². The van der Waals surface area contributed by atoms with Crippen molar-refractivity contribution in [2.24, 2.45) is 0 Å². The zero-order valence-electron chi connectivity index (χ0n) is 20.3. The van der Waals surface area contributed by atoms with E-state index in [-0.39, 0.29) is 17.9 Å². The molecule has 5 aromatic rings. The van der Waals surface area contributed by atoms with E-state index in [4.69, 9.17) is 4.74 Å². The molecule has 1 amide bonds. The lowest BCUT2D eigenvalue weighted by molar-refractivity contribution is -0.121. The average molecular weight is 482 g/mol. The Bertz CT molecular complexity index is 1600. The molecule has 0 radical (unpaired) electrons. The van der Waals surface area contributed by atoms with Gasteiger partial charge in [-0.25, -0.2) is 0 Å². The van der Waals surface area contributed by atoms with Crippen LogP contribution >= 0.6 is 0 Å². The van der Waals surface area contributed by atoms with Crippen LogP contribution in [0.5, 0.6) is 5.75 Å². The summed E-state index contributed by atoms with van der Waals surface area (Å²) in [5.41, 5.74) is 3.68. The summed E-state index contributed by atoms with van der Waals surface area (Å²) in [6.07, 6.45) is 0.618. The largest absolute Gasteiger partial charge is 0.496 e.